The van der Waals surface area contributed by atoms with Crippen molar-refractivity contribution in [2.45, 2.75) is 42.9 Å². The Bertz CT molecular complexity index is 566. The van der Waals surface area contributed by atoms with Crippen molar-refractivity contribution in [3.63, 3.8) is 0 Å². The minimum Gasteiger partial charge on any atom is -0.339 e. The van der Waals surface area contributed by atoms with Crippen LogP contribution >= 0.6 is 27.7 Å². The van der Waals surface area contributed by atoms with Gasteiger partial charge in [0.1, 0.15) is 0 Å². The van der Waals surface area contributed by atoms with Gasteiger partial charge in [-0.05, 0) is 48.3 Å². The van der Waals surface area contributed by atoms with Crippen molar-refractivity contribution < 1.29 is 4.52 Å². The van der Waals surface area contributed by atoms with Gasteiger partial charge in [0, 0.05) is 21.3 Å². The summed E-state index contributed by atoms with van der Waals surface area (Å²) in [5.41, 5.74) is 5.73. The zero-order valence-electron chi connectivity index (χ0n) is 11.6. The van der Waals surface area contributed by atoms with Crippen LogP contribution in [-0.4, -0.2) is 15.7 Å². The Hall–Kier alpha value is -0.850. The third-order valence-electron chi connectivity index (χ3n) is 2.69. The van der Waals surface area contributed by atoms with Crippen molar-refractivity contribution in [3.05, 3.63) is 40.5 Å². The summed E-state index contributed by atoms with van der Waals surface area (Å²) in [6, 6.07) is 8.09. The lowest BCUT2D eigenvalue weighted by Crippen LogP contribution is -2.32. The SMILES string of the molecule is CC(C)(N)CCc1nc(CSc2ccccc2Br)no1. The molecule has 0 aliphatic heterocycles. The van der Waals surface area contributed by atoms with Gasteiger partial charge >= 0.3 is 0 Å². The second-order valence-corrected chi connectivity index (χ2v) is 7.18. The van der Waals surface area contributed by atoms with Crippen LogP contribution in [0, 0.1) is 0 Å². The predicted molar refractivity (Wildman–Crippen MR) is 84.6 cm³/mol. The van der Waals surface area contributed by atoms with Gasteiger partial charge in [0.25, 0.3) is 0 Å². The Morgan fingerprint density at radius 3 is 2.80 bits per heavy atom. The molecule has 0 unspecified atom stereocenters. The van der Waals surface area contributed by atoms with E-state index in [-0.39, 0.29) is 5.54 Å². The lowest BCUT2D eigenvalue weighted by molar-refractivity contribution is 0.355. The largest absolute Gasteiger partial charge is 0.339 e. The first kappa shape index (κ1) is 15.5. The van der Waals surface area contributed by atoms with Crippen molar-refractivity contribution in [3.8, 4) is 0 Å². The summed E-state index contributed by atoms with van der Waals surface area (Å²) in [6.45, 7) is 3.99. The van der Waals surface area contributed by atoms with E-state index in [1.807, 2.05) is 32.0 Å². The zero-order chi connectivity index (χ0) is 14.6. The highest BCUT2D eigenvalue weighted by molar-refractivity contribution is 9.10. The van der Waals surface area contributed by atoms with Crippen LogP contribution in [0.1, 0.15) is 32.0 Å². The van der Waals surface area contributed by atoms with E-state index in [9.17, 15) is 0 Å². The highest BCUT2D eigenvalue weighted by Crippen LogP contribution is 2.29. The van der Waals surface area contributed by atoms with E-state index >= 15 is 0 Å². The predicted octanol–water partition coefficient (Wildman–Crippen LogP) is 3.79. The quantitative estimate of drug-likeness (QED) is 0.798. The molecule has 0 radical (unpaired) electrons. The second kappa shape index (κ2) is 6.74. The molecule has 0 saturated heterocycles. The van der Waals surface area contributed by atoms with Crippen LogP contribution in [-0.2, 0) is 12.2 Å². The van der Waals surface area contributed by atoms with Gasteiger partial charge in [0.2, 0.25) is 5.89 Å². The van der Waals surface area contributed by atoms with Crippen LogP contribution in [0.2, 0.25) is 0 Å². The summed E-state index contributed by atoms with van der Waals surface area (Å²) in [7, 11) is 0. The minimum absolute atomic E-state index is 0.210. The summed E-state index contributed by atoms with van der Waals surface area (Å²) in [6.07, 6.45) is 1.54. The van der Waals surface area contributed by atoms with Crippen LogP contribution < -0.4 is 5.73 Å². The molecule has 0 bridgehead atoms. The molecule has 2 rings (SSSR count). The molecular formula is C14H18BrN3OS. The van der Waals surface area contributed by atoms with Gasteiger partial charge in [-0.2, -0.15) is 4.98 Å². The van der Waals surface area contributed by atoms with Gasteiger partial charge < -0.3 is 10.3 Å². The van der Waals surface area contributed by atoms with Gasteiger partial charge in [-0.3, -0.25) is 0 Å². The molecule has 20 heavy (non-hydrogen) atoms. The van der Waals surface area contributed by atoms with Gasteiger partial charge in [0.05, 0.1) is 5.75 Å². The number of benzene rings is 1. The van der Waals surface area contributed by atoms with Gasteiger partial charge in [-0.25, -0.2) is 0 Å². The maximum absolute atomic E-state index is 5.94. The van der Waals surface area contributed by atoms with E-state index in [0.29, 0.717) is 11.6 Å². The third kappa shape index (κ3) is 4.92. The van der Waals surface area contributed by atoms with Gasteiger partial charge in [-0.15, -0.1) is 11.8 Å². The first-order valence-corrected chi connectivity index (χ1v) is 8.19. The lowest BCUT2D eigenvalue weighted by Gasteiger charge is -2.16. The molecular weight excluding hydrogens is 338 g/mol. The number of nitrogens with zero attached hydrogens (tertiary/aromatic N) is 2. The van der Waals surface area contributed by atoms with E-state index in [4.69, 9.17) is 10.3 Å². The molecule has 2 N–H and O–H groups in total. The molecule has 1 heterocycles. The smallest absolute Gasteiger partial charge is 0.226 e. The maximum atomic E-state index is 5.94. The van der Waals surface area contributed by atoms with E-state index < -0.39 is 0 Å². The summed E-state index contributed by atoms with van der Waals surface area (Å²) in [5, 5.41) is 4.00. The monoisotopic (exact) mass is 355 g/mol. The Kier molecular flexibility index (Phi) is 5.23. The number of aromatic nitrogens is 2. The van der Waals surface area contributed by atoms with E-state index in [2.05, 4.69) is 32.1 Å². The Morgan fingerprint density at radius 1 is 1.35 bits per heavy atom. The molecule has 1 aromatic heterocycles. The molecule has 0 saturated carbocycles. The van der Waals surface area contributed by atoms with Crippen LogP contribution in [0.3, 0.4) is 0 Å². The van der Waals surface area contributed by atoms with Crippen LogP contribution in [0.15, 0.2) is 38.2 Å². The number of nitrogens with two attached hydrogens (primary N) is 1. The Morgan fingerprint density at radius 2 is 2.10 bits per heavy atom. The van der Waals surface area contributed by atoms with Crippen LogP contribution in [0.4, 0.5) is 0 Å². The highest BCUT2D eigenvalue weighted by atomic mass is 79.9. The van der Waals surface area contributed by atoms with Gasteiger partial charge in [-0.1, -0.05) is 17.3 Å². The van der Waals surface area contributed by atoms with Crippen LogP contribution in [0.25, 0.3) is 0 Å². The molecule has 1 aromatic carbocycles. The second-order valence-electron chi connectivity index (χ2n) is 5.31. The Labute approximate surface area is 131 Å². The molecule has 2 aromatic rings. The minimum atomic E-state index is -0.210. The third-order valence-corrected chi connectivity index (χ3v) is 4.71. The molecule has 0 spiro atoms. The molecule has 4 nitrogen and oxygen atoms in total. The first-order valence-electron chi connectivity index (χ1n) is 6.42. The normalized spacial score (nSPS) is 11.8. The summed E-state index contributed by atoms with van der Waals surface area (Å²) in [4.78, 5) is 5.56. The van der Waals surface area contributed by atoms with E-state index in [1.165, 1.54) is 4.90 Å². The fourth-order valence-corrected chi connectivity index (χ4v) is 2.99. The lowest BCUT2D eigenvalue weighted by atomic mass is 10.0. The maximum Gasteiger partial charge on any atom is 0.226 e. The average Bonchev–Trinajstić information content (AvgIpc) is 2.83. The molecule has 0 atom stereocenters. The molecule has 0 amide bonds. The number of aryl methyl sites for hydroxylation is 1. The standard InChI is InChI=1S/C14H18BrN3OS/c1-14(2,16)8-7-13-17-12(18-19-13)9-20-11-6-4-3-5-10(11)15/h3-6H,7-9,16H2,1-2H3. The molecule has 6 heteroatoms. The number of hydrogen-bond acceptors (Lipinski definition) is 5. The molecule has 0 fully saturated rings. The molecule has 108 valence electrons. The molecule has 0 aliphatic rings. The number of hydrogen-bond donors (Lipinski definition) is 1. The van der Waals surface area contributed by atoms with E-state index in [1.54, 1.807) is 11.8 Å². The summed E-state index contributed by atoms with van der Waals surface area (Å²) < 4.78 is 6.32. The van der Waals surface area contributed by atoms with Crippen molar-refractivity contribution in [1.29, 1.82) is 0 Å². The Balaban J connectivity index is 1.89. The number of halogens is 1. The average molecular weight is 356 g/mol. The van der Waals surface area contributed by atoms with Crippen molar-refractivity contribution in [2.24, 2.45) is 5.73 Å². The zero-order valence-corrected chi connectivity index (χ0v) is 14.0. The van der Waals surface area contributed by atoms with Gasteiger partial charge in [0.15, 0.2) is 5.82 Å². The van der Waals surface area contributed by atoms with E-state index in [0.717, 1.165) is 23.1 Å². The number of rotatable bonds is 6. The highest BCUT2D eigenvalue weighted by Gasteiger charge is 2.14. The first-order chi connectivity index (χ1) is 9.44. The number of thioether (sulfide) groups is 1. The fraction of sp³-hybridized carbons (Fsp3) is 0.429. The summed E-state index contributed by atoms with van der Waals surface area (Å²) in [5.74, 6) is 2.07. The van der Waals surface area contributed by atoms with Crippen molar-refractivity contribution in [1.82, 2.24) is 10.1 Å². The topological polar surface area (TPSA) is 64.9 Å². The fourth-order valence-electron chi connectivity index (χ4n) is 1.58. The summed E-state index contributed by atoms with van der Waals surface area (Å²) >= 11 is 5.20. The molecule has 0 aliphatic carbocycles. The van der Waals surface area contributed by atoms with Crippen molar-refractivity contribution >= 4 is 27.7 Å². The van der Waals surface area contributed by atoms with Crippen LogP contribution in [0.5, 0.6) is 0 Å². The van der Waals surface area contributed by atoms with Crippen molar-refractivity contribution in [2.75, 3.05) is 0 Å².